The smallest absolute Gasteiger partial charge is 0.163 e. The minimum absolute atomic E-state index is 0.0580. The Kier molecular flexibility index (Phi) is 5.02. The molecule has 0 unspecified atom stereocenters. The van der Waals surface area contributed by atoms with Gasteiger partial charge in [-0.1, -0.05) is 11.6 Å². The summed E-state index contributed by atoms with van der Waals surface area (Å²) in [4.78, 5) is 13.7. The summed E-state index contributed by atoms with van der Waals surface area (Å²) in [5.74, 6) is -0.113. The van der Waals surface area contributed by atoms with Crippen LogP contribution in [0, 0.1) is 0 Å². The van der Waals surface area contributed by atoms with Crippen LogP contribution in [0.5, 0.6) is 5.75 Å². The first-order valence-electron chi connectivity index (χ1n) is 6.92. The highest BCUT2D eigenvalue weighted by Crippen LogP contribution is 2.29. The number of ketones is 1. The highest BCUT2D eigenvalue weighted by atomic mass is 35.5. The number of halogens is 1. The molecule has 2 rings (SSSR count). The number of carbonyl (C=O) groups excluding carboxylic acids is 1. The van der Waals surface area contributed by atoms with Crippen LogP contribution in [0.15, 0.2) is 12.1 Å². The number of aromatic hydroxyl groups is 1. The fourth-order valence-corrected chi connectivity index (χ4v) is 2.93. The van der Waals surface area contributed by atoms with Gasteiger partial charge in [0.15, 0.2) is 5.78 Å². The van der Waals surface area contributed by atoms with Gasteiger partial charge in [-0.25, -0.2) is 0 Å². The molecule has 2 N–H and O–H groups in total. The Balaban J connectivity index is 2.17. The van der Waals surface area contributed by atoms with Gasteiger partial charge >= 0.3 is 0 Å². The normalized spacial score (nSPS) is 16.6. The zero-order chi connectivity index (χ0) is 14.7. The fourth-order valence-electron chi connectivity index (χ4n) is 2.69. The van der Waals surface area contributed by atoms with E-state index in [4.69, 9.17) is 11.6 Å². The summed E-state index contributed by atoms with van der Waals surface area (Å²) in [6, 6.07) is 3.75. The van der Waals surface area contributed by atoms with E-state index >= 15 is 0 Å². The number of carbonyl (C=O) groups is 1. The molecule has 0 aromatic heterocycles. The standard InChI is InChI=1S/C15H21ClN2O2/c1-10(19)14-8-12(16)7-11(15(14)20)9-18(2)13-3-5-17-6-4-13/h7-8,13,17,20H,3-6,9H2,1-2H3. The van der Waals surface area contributed by atoms with Crippen LogP contribution in [0.2, 0.25) is 5.02 Å². The molecule has 0 saturated carbocycles. The number of benzene rings is 1. The quantitative estimate of drug-likeness (QED) is 0.838. The Bertz CT molecular complexity index is 499. The lowest BCUT2D eigenvalue weighted by atomic mass is 10.0. The van der Waals surface area contributed by atoms with E-state index in [0.29, 0.717) is 28.7 Å². The molecular formula is C15H21ClN2O2. The van der Waals surface area contributed by atoms with Gasteiger partial charge in [-0.05, 0) is 52.0 Å². The summed E-state index contributed by atoms with van der Waals surface area (Å²) in [7, 11) is 2.05. The Morgan fingerprint density at radius 3 is 2.70 bits per heavy atom. The minimum Gasteiger partial charge on any atom is -0.507 e. The van der Waals surface area contributed by atoms with Gasteiger partial charge in [-0.15, -0.1) is 0 Å². The maximum atomic E-state index is 11.5. The van der Waals surface area contributed by atoms with Crippen molar-refractivity contribution in [3.05, 3.63) is 28.3 Å². The van der Waals surface area contributed by atoms with Crippen molar-refractivity contribution < 1.29 is 9.90 Å². The first-order valence-corrected chi connectivity index (χ1v) is 7.30. The van der Waals surface area contributed by atoms with Crippen molar-refractivity contribution in [1.29, 1.82) is 0 Å². The highest BCUT2D eigenvalue weighted by Gasteiger charge is 2.20. The van der Waals surface area contributed by atoms with E-state index in [-0.39, 0.29) is 11.5 Å². The number of Topliss-reactive ketones (excluding diaryl/α,β-unsaturated/α-hetero) is 1. The molecule has 1 saturated heterocycles. The van der Waals surface area contributed by atoms with E-state index in [1.54, 1.807) is 6.07 Å². The van der Waals surface area contributed by atoms with Gasteiger partial charge < -0.3 is 10.4 Å². The van der Waals surface area contributed by atoms with E-state index < -0.39 is 0 Å². The van der Waals surface area contributed by atoms with E-state index in [2.05, 4.69) is 10.2 Å². The number of hydrogen-bond donors (Lipinski definition) is 2. The second-order valence-corrected chi connectivity index (χ2v) is 5.85. The zero-order valence-electron chi connectivity index (χ0n) is 11.9. The molecule has 5 heteroatoms. The molecule has 0 aliphatic carbocycles. The first kappa shape index (κ1) is 15.3. The van der Waals surface area contributed by atoms with Gasteiger partial charge in [0.25, 0.3) is 0 Å². The SMILES string of the molecule is CC(=O)c1cc(Cl)cc(CN(C)C2CCNCC2)c1O. The topological polar surface area (TPSA) is 52.6 Å². The molecule has 1 aliphatic rings. The Hall–Kier alpha value is -1.10. The minimum atomic E-state index is -0.171. The van der Waals surface area contributed by atoms with Gasteiger partial charge in [-0.2, -0.15) is 0 Å². The second kappa shape index (κ2) is 6.57. The molecule has 1 fully saturated rings. The van der Waals surface area contributed by atoms with Crippen LogP contribution in [0.1, 0.15) is 35.7 Å². The van der Waals surface area contributed by atoms with Crippen molar-refractivity contribution in [1.82, 2.24) is 10.2 Å². The van der Waals surface area contributed by atoms with Crippen LogP contribution in [0.4, 0.5) is 0 Å². The van der Waals surface area contributed by atoms with E-state index in [9.17, 15) is 9.90 Å². The summed E-state index contributed by atoms with van der Waals surface area (Å²) in [5.41, 5.74) is 1.01. The molecular weight excluding hydrogens is 276 g/mol. The first-order chi connectivity index (χ1) is 9.49. The van der Waals surface area contributed by atoms with Crippen LogP contribution in [0.25, 0.3) is 0 Å². The van der Waals surface area contributed by atoms with Crippen molar-refractivity contribution in [3.8, 4) is 5.75 Å². The van der Waals surface area contributed by atoms with Crippen molar-refractivity contribution in [2.45, 2.75) is 32.4 Å². The lowest BCUT2D eigenvalue weighted by Crippen LogP contribution is -2.40. The Morgan fingerprint density at radius 2 is 2.10 bits per heavy atom. The number of phenols is 1. The van der Waals surface area contributed by atoms with E-state index in [0.717, 1.165) is 25.9 Å². The van der Waals surface area contributed by atoms with Crippen LogP contribution >= 0.6 is 11.6 Å². The van der Waals surface area contributed by atoms with Gasteiger partial charge in [-0.3, -0.25) is 9.69 Å². The number of phenolic OH excluding ortho intramolecular Hbond substituents is 1. The van der Waals surface area contributed by atoms with Crippen LogP contribution in [-0.2, 0) is 6.54 Å². The Morgan fingerprint density at radius 1 is 1.45 bits per heavy atom. The number of nitrogens with zero attached hydrogens (tertiary/aromatic N) is 1. The molecule has 0 amide bonds. The maximum absolute atomic E-state index is 11.5. The molecule has 0 radical (unpaired) electrons. The molecule has 1 aliphatic heterocycles. The number of rotatable bonds is 4. The predicted molar refractivity (Wildman–Crippen MR) is 80.5 cm³/mol. The van der Waals surface area contributed by atoms with Gasteiger partial charge in [0, 0.05) is 23.2 Å². The largest absolute Gasteiger partial charge is 0.507 e. The Labute approximate surface area is 124 Å². The lowest BCUT2D eigenvalue weighted by Gasteiger charge is -2.31. The monoisotopic (exact) mass is 296 g/mol. The fraction of sp³-hybridized carbons (Fsp3) is 0.533. The van der Waals surface area contributed by atoms with Crippen LogP contribution in [-0.4, -0.2) is 42.0 Å². The second-order valence-electron chi connectivity index (χ2n) is 5.41. The molecule has 1 aromatic rings. The van der Waals surface area contributed by atoms with Gasteiger partial charge in [0.05, 0.1) is 5.56 Å². The molecule has 4 nitrogen and oxygen atoms in total. The van der Waals surface area contributed by atoms with Crippen LogP contribution < -0.4 is 5.32 Å². The molecule has 110 valence electrons. The third-order valence-corrected chi connectivity index (χ3v) is 4.10. The summed E-state index contributed by atoms with van der Waals surface area (Å²) in [5, 5.41) is 14.0. The predicted octanol–water partition coefficient (Wildman–Crippen LogP) is 2.43. The molecule has 0 bridgehead atoms. The number of hydrogen-bond acceptors (Lipinski definition) is 4. The van der Waals surface area contributed by atoms with Crippen molar-refractivity contribution >= 4 is 17.4 Å². The molecule has 1 heterocycles. The van der Waals surface area contributed by atoms with Crippen molar-refractivity contribution in [2.24, 2.45) is 0 Å². The van der Waals surface area contributed by atoms with Crippen molar-refractivity contribution in [3.63, 3.8) is 0 Å². The zero-order valence-corrected chi connectivity index (χ0v) is 12.7. The summed E-state index contributed by atoms with van der Waals surface area (Å²) >= 11 is 6.04. The number of piperidine rings is 1. The average Bonchev–Trinajstić information content (AvgIpc) is 2.43. The summed E-state index contributed by atoms with van der Waals surface area (Å²) in [6.45, 7) is 4.08. The summed E-state index contributed by atoms with van der Waals surface area (Å²) < 4.78 is 0. The lowest BCUT2D eigenvalue weighted by molar-refractivity contribution is 0.101. The highest BCUT2D eigenvalue weighted by molar-refractivity contribution is 6.31. The summed E-state index contributed by atoms with van der Waals surface area (Å²) in [6.07, 6.45) is 2.19. The molecule has 1 aromatic carbocycles. The van der Waals surface area contributed by atoms with Crippen molar-refractivity contribution in [2.75, 3.05) is 20.1 Å². The van der Waals surface area contributed by atoms with Crippen LogP contribution in [0.3, 0.4) is 0 Å². The maximum Gasteiger partial charge on any atom is 0.163 e. The van der Waals surface area contributed by atoms with Gasteiger partial charge in [0.1, 0.15) is 5.75 Å². The third-order valence-electron chi connectivity index (χ3n) is 3.88. The average molecular weight is 297 g/mol. The molecule has 20 heavy (non-hydrogen) atoms. The van der Waals surface area contributed by atoms with Gasteiger partial charge in [0.2, 0.25) is 0 Å². The number of nitrogens with one attached hydrogen (secondary N) is 1. The van der Waals surface area contributed by atoms with E-state index in [1.165, 1.54) is 13.0 Å². The molecule has 0 spiro atoms. The van der Waals surface area contributed by atoms with E-state index in [1.807, 2.05) is 7.05 Å². The molecule has 0 atom stereocenters. The third kappa shape index (κ3) is 3.51.